The minimum absolute atomic E-state index is 0.289. The molecule has 0 radical (unpaired) electrons. The third kappa shape index (κ3) is 5.44. The molecule has 142 valence electrons. The standard InChI is InChI=1S/C21H15Br2ClN2O2/c22-17-7-3-2-6-16(17)21(27)26-25-12-14-9-10-20(18(23)11-14)28-13-15-5-1-4-8-19(15)24/h1-12H,13H2,(H,26,27)/b25-12-. The fourth-order valence-electron chi connectivity index (χ4n) is 2.36. The second-order valence-corrected chi connectivity index (χ2v) is 7.86. The summed E-state index contributed by atoms with van der Waals surface area (Å²) in [4.78, 5) is 12.1. The highest BCUT2D eigenvalue weighted by Gasteiger charge is 2.08. The van der Waals surface area contributed by atoms with Crippen molar-refractivity contribution >= 4 is 55.6 Å². The second kappa shape index (κ2) is 9.87. The Labute approximate surface area is 184 Å². The van der Waals surface area contributed by atoms with Crippen molar-refractivity contribution in [1.29, 1.82) is 0 Å². The third-order valence-corrected chi connectivity index (χ3v) is 5.48. The van der Waals surface area contributed by atoms with Gasteiger partial charge in [0.1, 0.15) is 12.4 Å². The number of halogens is 3. The first-order valence-electron chi connectivity index (χ1n) is 8.28. The van der Waals surface area contributed by atoms with Crippen LogP contribution in [-0.4, -0.2) is 12.1 Å². The van der Waals surface area contributed by atoms with E-state index in [1.54, 1.807) is 24.4 Å². The third-order valence-electron chi connectivity index (χ3n) is 3.80. The zero-order valence-electron chi connectivity index (χ0n) is 14.5. The number of rotatable bonds is 6. The smallest absolute Gasteiger partial charge is 0.272 e. The first kappa shape index (κ1) is 20.6. The number of hydrogen-bond donors (Lipinski definition) is 1. The first-order chi connectivity index (χ1) is 13.5. The molecule has 1 N–H and O–H groups in total. The molecule has 0 bridgehead atoms. The number of ether oxygens (including phenoxy) is 1. The number of carbonyl (C=O) groups is 1. The van der Waals surface area contributed by atoms with E-state index in [0.29, 0.717) is 27.4 Å². The quantitative estimate of drug-likeness (QED) is 0.309. The summed E-state index contributed by atoms with van der Waals surface area (Å²) in [6.07, 6.45) is 1.57. The van der Waals surface area contributed by atoms with Gasteiger partial charge in [-0.15, -0.1) is 0 Å². The largest absolute Gasteiger partial charge is 0.488 e. The van der Waals surface area contributed by atoms with Crippen molar-refractivity contribution in [1.82, 2.24) is 5.43 Å². The lowest BCUT2D eigenvalue weighted by atomic mass is 10.2. The Morgan fingerprint density at radius 1 is 1.04 bits per heavy atom. The van der Waals surface area contributed by atoms with E-state index in [4.69, 9.17) is 16.3 Å². The first-order valence-corrected chi connectivity index (χ1v) is 10.2. The van der Waals surface area contributed by atoms with Crippen molar-refractivity contribution in [2.75, 3.05) is 0 Å². The molecule has 7 heteroatoms. The molecule has 3 aromatic carbocycles. The van der Waals surface area contributed by atoms with Crippen molar-refractivity contribution < 1.29 is 9.53 Å². The van der Waals surface area contributed by atoms with E-state index in [-0.39, 0.29) is 5.91 Å². The maximum Gasteiger partial charge on any atom is 0.272 e. The number of carbonyl (C=O) groups excluding carboxylic acids is 1. The summed E-state index contributed by atoms with van der Waals surface area (Å²) < 4.78 is 7.31. The van der Waals surface area contributed by atoms with Crippen molar-refractivity contribution in [3.63, 3.8) is 0 Å². The maximum atomic E-state index is 12.1. The Morgan fingerprint density at radius 2 is 1.79 bits per heavy atom. The molecule has 0 aliphatic heterocycles. The summed E-state index contributed by atoms with van der Waals surface area (Å²) >= 11 is 13.0. The number of benzene rings is 3. The van der Waals surface area contributed by atoms with Gasteiger partial charge in [0.05, 0.1) is 16.3 Å². The van der Waals surface area contributed by atoms with Gasteiger partial charge in [0.15, 0.2) is 0 Å². The molecule has 0 aliphatic rings. The normalized spacial score (nSPS) is 10.8. The van der Waals surface area contributed by atoms with Gasteiger partial charge in [0, 0.05) is 15.1 Å². The predicted octanol–water partition coefficient (Wildman–Crippen LogP) is 6.21. The van der Waals surface area contributed by atoms with Crippen LogP contribution in [0.25, 0.3) is 0 Å². The monoisotopic (exact) mass is 520 g/mol. The summed E-state index contributed by atoms with van der Waals surface area (Å²) in [5.74, 6) is 0.400. The number of nitrogens with zero attached hydrogens (tertiary/aromatic N) is 1. The number of hydrogen-bond acceptors (Lipinski definition) is 3. The van der Waals surface area contributed by atoms with Crippen molar-refractivity contribution in [3.05, 3.63) is 97.4 Å². The highest BCUT2D eigenvalue weighted by Crippen LogP contribution is 2.27. The molecule has 4 nitrogen and oxygen atoms in total. The topological polar surface area (TPSA) is 50.7 Å². The molecule has 0 saturated heterocycles. The molecule has 0 aromatic heterocycles. The van der Waals surface area contributed by atoms with E-state index >= 15 is 0 Å². The van der Waals surface area contributed by atoms with Gasteiger partial charge in [-0.05, 0) is 73.8 Å². The molecule has 3 aromatic rings. The van der Waals surface area contributed by atoms with Gasteiger partial charge in [-0.1, -0.05) is 41.9 Å². The average Bonchev–Trinajstić information content (AvgIpc) is 2.69. The van der Waals surface area contributed by atoms with E-state index in [0.717, 1.165) is 15.6 Å². The summed E-state index contributed by atoms with van der Waals surface area (Å²) in [5.41, 5.74) is 4.76. The molecule has 0 atom stereocenters. The highest BCUT2D eigenvalue weighted by atomic mass is 79.9. The van der Waals surface area contributed by atoms with E-state index in [2.05, 4.69) is 42.4 Å². The molecular weight excluding hydrogens is 508 g/mol. The molecular formula is C21H15Br2ClN2O2. The van der Waals surface area contributed by atoms with Crippen LogP contribution in [0.1, 0.15) is 21.5 Å². The molecule has 0 spiro atoms. The van der Waals surface area contributed by atoms with Crippen LogP contribution in [0.4, 0.5) is 0 Å². The van der Waals surface area contributed by atoms with Gasteiger partial charge < -0.3 is 4.74 Å². The van der Waals surface area contributed by atoms with Gasteiger partial charge in [-0.2, -0.15) is 5.10 Å². The number of amides is 1. The highest BCUT2D eigenvalue weighted by molar-refractivity contribution is 9.10. The lowest BCUT2D eigenvalue weighted by molar-refractivity contribution is 0.0954. The fourth-order valence-corrected chi connectivity index (χ4v) is 3.52. The number of hydrazone groups is 1. The van der Waals surface area contributed by atoms with Gasteiger partial charge in [0.25, 0.3) is 5.91 Å². The van der Waals surface area contributed by atoms with Crippen molar-refractivity contribution in [3.8, 4) is 5.75 Å². The Balaban J connectivity index is 1.61. The molecule has 0 saturated carbocycles. The van der Waals surface area contributed by atoms with Gasteiger partial charge in [-0.25, -0.2) is 5.43 Å². The van der Waals surface area contributed by atoms with Gasteiger partial charge in [0.2, 0.25) is 0 Å². The van der Waals surface area contributed by atoms with E-state index in [1.807, 2.05) is 48.5 Å². The summed E-state index contributed by atoms with van der Waals surface area (Å²) in [6.45, 7) is 0.369. The van der Waals surface area contributed by atoms with E-state index in [9.17, 15) is 4.79 Å². The lowest BCUT2D eigenvalue weighted by Crippen LogP contribution is -2.18. The summed E-state index contributed by atoms with van der Waals surface area (Å²) in [6, 6.07) is 20.2. The molecule has 1 amide bonds. The van der Waals surface area contributed by atoms with Crippen LogP contribution in [0.5, 0.6) is 5.75 Å². The summed E-state index contributed by atoms with van der Waals surface area (Å²) in [7, 11) is 0. The van der Waals surface area contributed by atoms with Gasteiger partial charge in [-0.3, -0.25) is 4.79 Å². The minimum atomic E-state index is -0.289. The average molecular weight is 523 g/mol. The minimum Gasteiger partial charge on any atom is -0.488 e. The van der Waals surface area contributed by atoms with Crippen LogP contribution < -0.4 is 10.2 Å². The molecule has 0 heterocycles. The van der Waals surface area contributed by atoms with Crippen LogP contribution in [0, 0.1) is 0 Å². The maximum absolute atomic E-state index is 12.1. The van der Waals surface area contributed by atoms with Crippen molar-refractivity contribution in [2.24, 2.45) is 5.10 Å². The molecule has 0 fully saturated rings. The molecule has 3 rings (SSSR count). The zero-order valence-corrected chi connectivity index (χ0v) is 18.5. The second-order valence-electron chi connectivity index (χ2n) is 5.75. The summed E-state index contributed by atoms with van der Waals surface area (Å²) in [5, 5.41) is 4.68. The molecule has 0 aliphatic carbocycles. The van der Waals surface area contributed by atoms with Crippen LogP contribution in [0.3, 0.4) is 0 Å². The van der Waals surface area contributed by atoms with E-state index < -0.39 is 0 Å². The lowest BCUT2D eigenvalue weighted by Gasteiger charge is -2.10. The Bertz CT molecular complexity index is 1020. The van der Waals surface area contributed by atoms with E-state index in [1.165, 1.54) is 0 Å². The molecule has 0 unspecified atom stereocenters. The van der Waals surface area contributed by atoms with Crippen LogP contribution >= 0.6 is 43.5 Å². The Morgan fingerprint density at radius 3 is 2.54 bits per heavy atom. The Hall–Kier alpha value is -2.15. The Kier molecular flexibility index (Phi) is 7.25. The molecule has 28 heavy (non-hydrogen) atoms. The zero-order chi connectivity index (χ0) is 19.9. The predicted molar refractivity (Wildman–Crippen MR) is 119 cm³/mol. The van der Waals surface area contributed by atoms with Crippen LogP contribution in [-0.2, 0) is 6.61 Å². The number of nitrogens with one attached hydrogen (secondary N) is 1. The SMILES string of the molecule is O=C(N/N=C\c1ccc(OCc2ccccc2Cl)c(Br)c1)c1ccccc1Br. The van der Waals surface area contributed by atoms with Gasteiger partial charge >= 0.3 is 0 Å². The fraction of sp³-hybridized carbons (Fsp3) is 0.0476. The van der Waals surface area contributed by atoms with Crippen molar-refractivity contribution in [2.45, 2.75) is 6.61 Å². The van der Waals surface area contributed by atoms with Crippen LogP contribution in [0.15, 0.2) is 80.8 Å². The van der Waals surface area contributed by atoms with Crippen LogP contribution in [0.2, 0.25) is 5.02 Å².